The summed E-state index contributed by atoms with van der Waals surface area (Å²) in [7, 11) is -2.43. The molecule has 1 fully saturated rings. The second-order valence-electron chi connectivity index (χ2n) is 6.44. The zero-order chi connectivity index (χ0) is 19.8. The number of methoxy groups -OCH3 is 1. The molecule has 2 aromatic heterocycles. The van der Waals surface area contributed by atoms with Gasteiger partial charge in [-0.25, -0.2) is 0 Å². The Kier molecular flexibility index (Phi) is 3.41. The Morgan fingerprint density at radius 2 is 2.29 bits per heavy atom. The maximum absolute atomic E-state index is 12.4. The topological polar surface area (TPSA) is 58.2 Å². The van der Waals surface area contributed by atoms with Crippen molar-refractivity contribution >= 4 is 16.6 Å². The number of fused-ring (bicyclic) bond motifs is 1. The van der Waals surface area contributed by atoms with Crippen molar-refractivity contribution in [2.24, 2.45) is 0 Å². The summed E-state index contributed by atoms with van der Waals surface area (Å²) in [6.45, 7) is 4.92. The maximum Gasteiger partial charge on any atom is 0.266 e. The van der Waals surface area contributed by atoms with Crippen molar-refractivity contribution in [2.45, 2.75) is 38.7 Å². The Hall–Kier alpha value is -2.32. The van der Waals surface area contributed by atoms with Crippen molar-refractivity contribution in [1.82, 2.24) is 9.97 Å². The zero-order valence-electron chi connectivity index (χ0n) is 17.0. The van der Waals surface area contributed by atoms with E-state index in [1.54, 1.807) is 6.20 Å². The van der Waals surface area contributed by atoms with E-state index in [1.165, 1.54) is 0 Å². The van der Waals surface area contributed by atoms with Crippen molar-refractivity contribution < 1.29 is 8.85 Å². The normalized spacial score (nSPS) is 19.4. The van der Waals surface area contributed by atoms with Gasteiger partial charge in [0.2, 0.25) is 0 Å². The fraction of sp³-hybridized carbons (Fsp3) is 0.474. The third-order valence-corrected chi connectivity index (χ3v) is 4.82. The van der Waals surface area contributed by atoms with Gasteiger partial charge in [0.1, 0.15) is 5.56 Å². The van der Waals surface area contributed by atoms with E-state index >= 15 is 0 Å². The number of nitrogens with one attached hydrogen (secondary N) is 1. The summed E-state index contributed by atoms with van der Waals surface area (Å²) in [4.78, 5) is 21.6. The number of anilines is 1. The Morgan fingerprint density at radius 3 is 2.92 bits per heavy atom. The predicted octanol–water partition coefficient (Wildman–Crippen LogP) is 2.47. The molecule has 1 N–H and O–H groups in total. The monoisotopic (exact) mass is 328 g/mol. The SMILES string of the molecule is [2H]C([2H])([2H])OC1(C)CCN(c2c(C#C)c(=O)[nH]c3cnc(CC)cc23)CC1. The lowest BCUT2D eigenvalue weighted by molar-refractivity contribution is -0.0132. The molecule has 0 spiro atoms. The molecule has 1 saturated heterocycles. The van der Waals surface area contributed by atoms with E-state index in [2.05, 4.69) is 20.8 Å². The summed E-state index contributed by atoms with van der Waals surface area (Å²) in [6, 6.07) is 1.95. The number of H-pyrrole nitrogens is 1. The minimum absolute atomic E-state index is 0.288. The first-order chi connectivity index (χ1) is 12.7. The van der Waals surface area contributed by atoms with Gasteiger partial charge in [0, 0.05) is 31.2 Å². The standard InChI is InChI=1S/C19H23N3O2/c1-5-13-11-15-16(12-20-13)21-18(23)14(6-2)17(15)22-9-7-19(3,24-4)8-10-22/h2,11-12H,5,7-10H2,1,3-4H3,(H,21,23)/i4D3. The van der Waals surface area contributed by atoms with E-state index < -0.39 is 12.6 Å². The third kappa shape index (κ3) is 2.78. The van der Waals surface area contributed by atoms with E-state index in [4.69, 9.17) is 15.3 Å². The summed E-state index contributed by atoms with van der Waals surface area (Å²) in [5, 5.41) is 0.856. The molecule has 3 heterocycles. The van der Waals surface area contributed by atoms with Gasteiger partial charge in [-0.15, -0.1) is 6.42 Å². The van der Waals surface area contributed by atoms with E-state index in [1.807, 2.05) is 19.9 Å². The summed E-state index contributed by atoms with van der Waals surface area (Å²) in [6.07, 6.45) is 9.12. The lowest BCUT2D eigenvalue weighted by Crippen LogP contribution is -2.44. The summed E-state index contributed by atoms with van der Waals surface area (Å²) in [5.74, 6) is 2.52. The molecule has 1 aliphatic heterocycles. The van der Waals surface area contributed by atoms with Gasteiger partial charge in [-0.05, 0) is 32.3 Å². The van der Waals surface area contributed by atoms with E-state index in [-0.39, 0.29) is 11.1 Å². The number of aromatic nitrogens is 2. The van der Waals surface area contributed by atoms with Crippen molar-refractivity contribution in [3.05, 3.63) is 33.9 Å². The molecule has 0 unspecified atom stereocenters. The number of rotatable bonds is 3. The second kappa shape index (κ2) is 6.29. The minimum atomic E-state index is -2.43. The Balaban J connectivity index is 2.02. The molecule has 0 aliphatic carbocycles. The number of piperidine rings is 1. The number of pyridine rings is 2. The van der Waals surface area contributed by atoms with Crippen LogP contribution in [0.3, 0.4) is 0 Å². The molecule has 0 bridgehead atoms. The van der Waals surface area contributed by atoms with Gasteiger partial charge in [0.15, 0.2) is 0 Å². The van der Waals surface area contributed by atoms with Crippen LogP contribution in [0.5, 0.6) is 0 Å². The van der Waals surface area contributed by atoms with Gasteiger partial charge in [-0.3, -0.25) is 9.78 Å². The van der Waals surface area contributed by atoms with E-state index in [0.29, 0.717) is 37.1 Å². The average molecular weight is 328 g/mol. The first-order valence-corrected chi connectivity index (χ1v) is 8.12. The third-order valence-electron chi connectivity index (χ3n) is 4.82. The van der Waals surface area contributed by atoms with Crippen molar-refractivity contribution in [2.75, 3.05) is 25.0 Å². The number of hydrogen-bond donors (Lipinski definition) is 1. The zero-order valence-corrected chi connectivity index (χ0v) is 14.0. The van der Waals surface area contributed by atoms with Crippen LogP contribution >= 0.6 is 0 Å². The van der Waals surface area contributed by atoms with Crippen LogP contribution in [-0.4, -0.2) is 35.7 Å². The lowest BCUT2D eigenvalue weighted by atomic mass is 9.92. The highest BCUT2D eigenvalue weighted by Crippen LogP contribution is 2.33. The van der Waals surface area contributed by atoms with Crippen LogP contribution in [0.2, 0.25) is 0 Å². The highest BCUT2D eigenvalue weighted by Gasteiger charge is 2.31. The van der Waals surface area contributed by atoms with Crippen LogP contribution in [-0.2, 0) is 11.2 Å². The molecular formula is C19H23N3O2. The fourth-order valence-corrected chi connectivity index (χ4v) is 3.18. The molecule has 126 valence electrons. The largest absolute Gasteiger partial charge is 0.378 e. The number of terminal acetylenes is 1. The highest BCUT2D eigenvalue weighted by molar-refractivity contribution is 5.94. The number of nitrogens with zero attached hydrogens (tertiary/aromatic N) is 2. The minimum Gasteiger partial charge on any atom is -0.378 e. The molecule has 0 aromatic carbocycles. The molecule has 3 rings (SSSR count). The quantitative estimate of drug-likeness (QED) is 0.880. The van der Waals surface area contributed by atoms with Crippen LogP contribution < -0.4 is 10.5 Å². The van der Waals surface area contributed by atoms with E-state index in [0.717, 1.165) is 17.5 Å². The summed E-state index contributed by atoms with van der Waals surface area (Å²) >= 11 is 0. The molecule has 1 aliphatic rings. The predicted molar refractivity (Wildman–Crippen MR) is 96.5 cm³/mol. The van der Waals surface area contributed by atoms with Crippen molar-refractivity contribution in [1.29, 1.82) is 0 Å². The van der Waals surface area contributed by atoms with E-state index in [9.17, 15) is 4.79 Å². The van der Waals surface area contributed by atoms with Gasteiger partial charge >= 0.3 is 0 Å². The number of aromatic amines is 1. The fourth-order valence-electron chi connectivity index (χ4n) is 3.18. The first-order valence-electron chi connectivity index (χ1n) is 9.62. The highest BCUT2D eigenvalue weighted by atomic mass is 16.5. The van der Waals surface area contributed by atoms with Crippen molar-refractivity contribution in [3.8, 4) is 12.3 Å². The van der Waals surface area contributed by atoms with Gasteiger partial charge in [0.05, 0.1) is 27.1 Å². The number of aryl methyl sites for hydroxylation is 1. The number of hydrogen-bond acceptors (Lipinski definition) is 4. The Labute approximate surface area is 146 Å². The van der Waals surface area contributed by atoms with Crippen molar-refractivity contribution in [3.63, 3.8) is 0 Å². The second-order valence-corrected chi connectivity index (χ2v) is 6.44. The summed E-state index contributed by atoms with van der Waals surface area (Å²) in [5.41, 5.74) is 1.49. The Bertz CT molecular complexity index is 952. The van der Waals surface area contributed by atoms with Gasteiger partial charge < -0.3 is 14.6 Å². The molecule has 24 heavy (non-hydrogen) atoms. The van der Waals surface area contributed by atoms with Crippen LogP contribution in [0.25, 0.3) is 10.9 Å². The van der Waals surface area contributed by atoms with Gasteiger partial charge in [-0.2, -0.15) is 0 Å². The molecule has 0 saturated carbocycles. The molecule has 0 atom stereocenters. The van der Waals surface area contributed by atoms with Crippen LogP contribution in [0.4, 0.5) is 5.69 Å². The molecular weight excluding hydrogens is 302 g/mol. The number of ether oxygens (including phenoxy) is 1. The van der Waals surface area contributed by atoms with Crippen LogP contribution in [0.15, 0.2) is 17.1 Å². The molecule has 2 aromatic rings. The summed E-state index contributed by atoms with van der Waals surface area (Å²) < 4.78 is 27.4. The Morgan fingerprint density at radius 1 is 1.54 bits per heavy atom. The molecule has 5 nitrogen and oxygen atoms in total. The van der Waals surface area contributed by atoms with Crippen LogP contribution in [0, 0.1) is 12.3 Å². The van der Waals surface area contributed by atoms with Gasteiger partial charge in [-0.1, -0.05) is 12.8 Å². The molecule has 5 heteroatoms. The first kappa shape index (κ1) is 13.0. The maximum atomic E-state index is 12.4. The average Bonchev–Trinajstić information content (AvgIpc) is 2.59. The van der Waals surface area contributed by atoms with Gasteiger partial charge in [0.25, 0.3) is 5.56 Å². The molecule has 0 radical (unpaired) electrons. The smallest absolute Gasteiger partial charge is 0.266 e. The lowest BCUT2D eigenvalue weighted by Gasteiger charge is -2.40. The molecule has 0 amide bonds. The van der Waals surface area contributed by atoms with Crippen LogP contribution in [0.1, 0.15) is 42.1 Å².